The van der Waals surface area contributed by atoms with Gasteiger partial charge in [0.05, 0.1) is 11.8 Å². The molecule has 2 N–H and O–H groups in total. The zero-order valence-corrected chi connectivity index (χ0v) is 12.3. The summed E-state index contributed by atoms with van der Waals surface area (Å²) in [6.45, 7) is 9.56. The average Bonchev–Trinajstić information content (AvgIpc) is 2.70. The van der Waals surface area contributed by atoms with Crippen LogP contribution in [0.3, 0.4) is 0 Å². The lowest BCUT2D eigenvalue weighted by molar-refractivity contribution is 0.00861. The third kappa shape index (κ3) is 5.19. The standard InChI is InChI=1S/C14H27N3O/c1-11(9-14(3,4)18-5)15-8-6-7-13-10-16-17-12(13)2/h10-11,15H,6-9H2,1-5H3,(H,16,17). The van der Waals surface area contributed by atoms with Gasteiger partial charge in [-0.15, -0.1) is 0 Å². The second kappa shape index (κ2) is 6.90. The molecule has 0 spiro atoms. The molecule has 1 atom stereocenters. The Bertz CT molecular complexity index is 347. The van der Waals surface area contributed by atoms with Crippen LogP contribution in [-0.4, -0.2) is 35.5 Å². The Morgan fingerprint density at radius 1 is 1.50 bits per heavy atom. The number of hydrogen-bond acceptors (Lipinski definition) is 3. The minimum atomic E-state index is -0.0481. The van der Waals surface area contributed by atoms with Crippen molar-refractivity contribution in [3.8, 4) is 0 Å². The summed E-state index contributed by atoms with van der Waals surface area (Å²) < 4.78 is 5.44. The van der Waals surface area contributed by atoms with Gasteiger partial charge in [0.25, 0.3) is 0 Å². The molecule has 1 aromatic rings. The fourth-order valence-corrected chi connectivity index (χ4v) is 2.15. The number of nitrogens with one attached hydrogen (secondary N) is 2. The summed E-state index contributed by atoms with van der Waals surface area (Å²) in [7, 11) is 1.77. The quantitative estimate of drug-likeness (QED) is 0.700. The zero-order valence-electron chi connectivity index (χ0n) is 12.3. The molecule has 1 rings (SSSR count). The Morgan fingerprint density at radius 2 is 2.22 bits per heavy atom. The van der Waals surface area contributed by atoms with Crippen LogP contribution in [0.25, 0.3) is 0 Å². The molecule has 4 nitrogen and oxygen atoms in total. The molecule has 0 saturated carbocycles. The van der Waals surface area contributed by atoms with Crippen LogP contribution >= 0.6 is 0 Å². The van der Waals surface area contributed by atoms with Gasteiger partial charge >= 0.3 is 0 Å². The Labute approximate surface area is 111 Å². The highest BCUT2D eigenvalue weighted by atomic mass is 16.5. The minimum absolute atomic E-state index is 0.0481. The maximum atomic E-state index is 5.44. The van der Waals surface area contributed by atoms with Crippen molar-refractivity contribution in [3.63, 3.8) is 0 Å². The number of methoxy groups -OCH3 is 1. The smallest absolute Gasteiger partial charge is 0.0637 e. The van der Waals surface area contributed by atoms with Gasteiger partial charge in [-0.3, -0.25) is 5.10 Å². The molecule has 4 heteroatoms. The van der Waals surface area contributed by atoms with Gasteiger partial charge in [-0.25, -0.2) is 0 Å². The number of aromatic amines is 1. The maximum absolute atomic E-state index is 5.44. The number of H-pyrrole nitrogens is 1. The first-order chi connectivity index (χ1) is 8.44. The topological polar surface area (TPSA) is 49.9 Å². The Hall–Kier alpha value is -0.870. The summed E-state index contributed by atoms with van der Waals surface area (Å²) in [6, 6.07) is 0.477. The van der Waals surface area contributed by atoms with Crippen molar-refractivity contribution in [3.05, 3.63) is 17.5 Å². The van der Waals surface area contributed by atoms with Crippen LogP contribution in [0, 0.1) is 6.92 Å². The van der Waals surface area contributed by atoms with Crippen LogP contribution in [0.15, 0.2) is 6.20 Å². The van der Waals surface area contributed by atoms with E-state index in [0.717, 1.165) is 25.8 Å². The van der Waals surface area contributed by atoms with Crippen molar-refractivity contribution in [1.82, 2.24) is 15.5 Å². The second-order valence-corrected chi connectivity index (χ2v) is 5.65. The normalized spacial score (nSPS) is 13.8. The minimum Gasteiger partial charge on any atom is -0.379 e. The molecule has 1 unspecified atom stereocenters. The molecule has 18 heavy (non-hydrogen) atoms. The molecule has 0 aliphatic rings. The van der Waals surface area contributed by atoms with Gasteiger partial charge in [0.15, 0.2) is 0 Å². The number of nitrogens with zero attached hydrogens (tertiary/aromatic N) is 1. The van der Waals surface area contributed by atoms with Gasteiger partial charge in [-0.1, -0.05) is 0 Å². The lowest BCUT2D eigenvalue weighted by Crippen LogP contribution is -2.36. The number of rotatable bonds is 8. The van der Waals surface area contributed by atoms with Crippen molar-refractivity contribution in [2.75, 3.05) is 13.7 Å². The zero-order chi connectivity index (χ0) is 13.6. The number of hydrogen-bond donors (Lipinski definition) is 2. The first kappa shape index (κ1) is 15.2. The maximum Gasteiger partial charge on any atom is 0.0637 e. The Balaban J connectivity index is 2.16. The van der Waals surface area contributed by atoms with E-state index in [1.807, 2.05) is 6.20 Å². The average molecular weight is 253 g/mol. The first-order valence-corrected chi connectivity index (χ1v) is 6.72. The second-order valence-electron chi connectivity index (χ2n) is 5.65. The molecule has 1 heterocycles. The molecule has 0 bridgehead atoms. The van der Waals surface area contributed by atoms with Gasteiger partial charge in [-0.2, -0.15) is 5.10 Å². The molecular weight excluding hydrogens is 226 g/mol. The van der Waals surface area contributed by atoms with Crippen molar-refractivity contribution in [1.29, 1.82) is 0 Å². The third-order valence-electron chi connectivity index (χ3n) is 3.40. The van der Waals surface area contributed by atoms with Crippen LogP contribution in [0.5, 0.6) is 0 Å². The molecule has 104 valence electrons. The SMILES string of the molecule is COC(C)(C)CC(C)NCCCc1cn[nH]c1C. The van der Waals surface area contributed by atoms with Crippen molar-refractivity contribution < 1.29 is 4.74 Å². The van der Waals surface area contributed by atoms with Gasteiger partial charge in [0.2, 0.25) is 0 Å². The Morgan fingerprint density at radius 3 is 2.78 bits per heavy atom. The van der Waals surface area contributed by atoms with E-state index in [2.05, 4.69) is 43.2 Å². The monoisotopic (exact) mass is 253 g/mol. The van der Waals surface area contributed by atoms with Crippen molar-refractivity contribution >= 4 is 0 Å². The van der Waals surface area contributed by atoms with Gasteiger partial charge in [0, 0.05) is 18.8 Å². The summed E-state index contributed by atoms with van der Waals surface area (Å²) >= 11 is 0. The van der Waals surface area contributed by atoms with E-state index in [4.69, 9.17) is 4.74 Å². The van der Waals surface area contributed by atoms with E-state index in [9.17, 15) is 0 Å². The number of aryl methyl sites for hydroxylation is 2. The number of aromatic nitrogens is 2. The van der Waals surface area contributed by atoms with Crippen LogP contribution < -0.4 is 5.32 Å². The van der Waals surface area contributed by atoms with Gasteiger partial charge in [0.1, 0.15) is 0 Å². The van der Waals surface area contributed by atoms with Crippen LogP contribution in [-0.2, 0) is 11.2 Å². The van der Waals surface area contributed by atoms with E-state index in [0.29, 0.717) is 6.04 Å². The molecule has 0 fully saturated rings. The predicted molar refractivity (Wildman–Crippen MR) is 74.8 cm³/mol. The van der Waals surface area contributed by atoms with E-state index in [1.165, 1.54) is 11.3 Å². The molecule has 0 aromatic carbocycles. The van der Waals surface area contributed by atoms with Gasteiger partial charge in [-0.05, 0) is 59.1 Å². The lowest BCUT2D eigenvalue weighted by atomic mass is 10.00. The third-order valence-corrected chi connectivity index (χ3v) is 3.40. The van der Waals surface area contributed by atoms with E-state index >= 15 is 0 Å². The fraction of sp³-hybridized carbons (Fsp3) is 0.786. The summed E-state index contributed by atoms with van der Waals surface area (Å²) in [4.78, 5) is 0. The van der Waals surface area contributed by atoms with E-state index < -0.39 is 0 Å². The Kier molecular flexibility index (Phi) is 5.82. The molecule has 0 amide bonds. The molecule has 0 radical (unpaired) electrons. The molecular formula is C14H27N3O. The lowest BCUT2D eigenvalue weighted by Gasteiger charge is -2.27. The molecule has 0 saturated heterocycles. The highest BCUT2D eigenvalue weighted by Gasteiger charge is 2.19. The molecule has 0 aliphatic carbocycles. The van der Waals surface area contributed by atoms with Crippen LogP contribution in [0.2, 0.25) is 0 Å². The largest absolute Gasteiger partial charge is 0.379 e. The van der Waals surface area contributed by atoms with Gasteiger partial charge < -0.3 is 10.1 Å². The number of ether oxygens (including phenoxy) is 1. The van der Waals surface area contributed by atoms with E-state index in [1.54, 1.807) is 7.11 Å². The fourth-order valence-electron chi connectivity index (χ4n) is 2.15. The van der Waals surface area contributed by atoms with Crippen molar-refractivity contribution in [2.45, 2.75) is 58.6 Å². The summed E-state index contributed by atoms with van der Waals surface area (Å²) in [5, 5.41) is 10.5. The highest BCUT2D eigenvalue weighted by Crippen LogP contribution is 2.15. The molecule has 0 aliphatic heterocycles. The first-order valence-electron chi connectivity index (χ1n) is 6.72. The predicted octanol–water partition coefficient (Wildman–Crippen LogP) is 2.44. The van der Waals surface area contributed by atoms with Crippen LogP contribution in [0.1, 0.15) is 44.9 Å². The summed E-state index contributed by atoms with van der Waals surface area (Å²) in [6.07, 6.45) is 5.16. The molecule has 1 aromatic heterocycles. The highest BCUT2D eigenvalue weighted by molar-refractivity contribution is 5.14. The van der Waals surface area contributed by atoms with Crippen LogP contribution in [0.4, 0.5) is 0 Å². The van der Waals surface area contributed by atoms with E-state index in [-0.39, 0.29) is 5.60 Å². The summed E-state index contributed by atoms with van der Waals surface area (Å²) in [5.41, 5.74) is 2.46. The van der Waals surface area contributed by atoms with Crippen molar-refractivity contribution in [2.24, 2.45) is 0 Å². The summed E-state index contributed by atoms with van der Waals surface area (Å²) in [5.74, 6) is 0.